The smallest absolute Gasteiger partial charge is 0.416 e. The lowest BCUT2D eigenvalue weighted by Gasteiger charge is -2.09. The van der Waals surface area contributed by atoms with Gasteiger partial charge in [0.1, 0.15) is 0 Å². The van der Waals surface area contributed by atoms with Gasteiger partial charge in [-0.1, -0.05) is 29.2 Å². The van der Waals surface area contributed by atoms with Crippen molar-refractivity contribution in [3.05, 3.63) is 53.6 Å². The number of ether oxygens (including phenoxy) is 2. The van der Waals surface area contributed by atoms with E-state index >= 15 is 0 Å². The number of rotatable bonds is 8. The van der Waals surface area contributed by atoms with Crippen LogP contribution in [0.3, 0.4) is 0 Å². The molecule has 0 saturated heterocycles. The zero-order chi connectivity index (χ0) is 24.0. The van der Waals surface area contributed by atoms with Crippen molar-refractivity contribution < 1.29 is 32.2 Å². The lowest BCUT2D eigenvalue weighted by molar-refractivity contribution is -0.137. The molecule has 1 aromatic heterocycles. The number of aromatic nitrogens is 2. The Morgan fingerprint density at radius 2 is 1.79 bits per heavy atom. The fourth-order valence-electron chi connectivity index (χ4n) is 2.56. The van der Waals surface area contributed by atoms with Crippen molar-refractivity contribution in [2.45, 2.75) is 10.5 Å². The van der Waals surface area contributed by atoms with Crippen LogP contribution >= 0.6 is 23.1 Å². The van der Waals surface area contributed by atoms with E-state index < -0.39 is 23.6 Å². The van der Waals surface area contributed by atoms with Gasteiger partial charge in [-0.2, -0.15) is 13.2 Å². The van der Waals surface area contributed by atoms with Crippen LogP contribution in [0.25, 0.3) is 0 Å². The molecular weight excluding hydrogens is 481 g/mol. The average molecular weight is 499 g/mol. The summed E-state index contributed by atoms with van der Waals surface area (Å²) in [6, 6.07) is 9.03. The van der Waals surface area contributed by atoms with Gasteiger partial charge >= 0.3 is 6.18 Å². The Hall–Kier alpha value is -3.32. The standard InChI is InChI=1S/C20H17F3N4O4S2/c1-30-14-7-6-11(8-15(14)31-2)17(29)25-18-26-27-19(33-18)32-10-16(28)24-13-5-3-4-12(9-13)20(21,22)23/h3-9H,10H2,1-2H3,(H,24,28)(H,25,26,29). The van der Waals surface area contributed by atoms with Gasteiger partial charge in [0.2, 0.25) is 11.0 Å². The monoisotopic (exact) mass is 498 g/mol. The molecule has 2 N–H and O–H groups in total. The van der Waals surface area contributed by atoms with Crippen LogP contribution in [0.2, 0.25) is 0 Å². The molecule has 0 spiro atoms. The molecule has 2 aromatic carbocycles. The fraction of sp³-hybridized carbons (Fsp3) is 0.200. The molecule has 13 heteroatoms. The van der Waals surface area contributed by atoms with Gasteiger partial charge in [-0.05, 0) is 36.4 Å². The second kappa shape index (κ2) is 10.5. The Bertz CT molecular complexity index is 1150. The highest BCUT2D eigenvalue weighted by molar-refractivity contribution is 8.01. The summed E-state index contributed by atoms with van der Waals surface area (Å²) < 4.78 is 49.0. The summed E-state index contributed by atoms with van der Waals surface area (Å²) >= 11 is 2.09. The van der Waals surface area contributed by atoms with E-state index in [4.69, 9.17) is 9.47 Å². The largest absolute Gasteiger partial charge is 0.493 e. The molecule has 174 valence electrons. The molecule has 0 saturated carbocycles. The molecule has 0 bridgehead atoms. The van der Waals surface area contributed by atoms with Crippen molar-refractivity contribution in [3.8, 4) is 11.5 Å². The van der Waals surface area contributed by atoms with Gasteiger partial charge in [0.05, 0.1) is 25.5 Å². The van der Waals surface area contributed by atoms with E-state index in [0.717, 1.165) is 35.2 Å². The van der Waals surface area contributed by atoms with Crippen LogP contribution in [0.5, 0.6) is 11.5 Å². The van der Waals surface area contributed by atoms with E-state index in [0.29, 0.717) is 21.4 Å². The molecule has 8 nitrogen and oxygen atoms in total. The highest BCUT2D eigenvalue weighted by atomic mass is 32.2. The van der Waals surface area contributed by atoms with Gasteiger partial charge in [-0.3, -0.25) is 14.9 Å². The Morgan fingerprint density at radius 1 is 1.03 bits per heavy atom. The van der Waals surface area contributed by atoms with Gasteiger partial charge in [0.15, 0.2) is 15.8 Å². The van der Waals surface area contributed by atoms with E-state index in [2.05, 4.69) is 20.8 Å². The predicted octanol–water partition coefficient (Wildman–Crippen LogP) is 4.56. The molecule has 0 fully saturated rings. The summed E-state index contributed by atoms with van der Waals surface area (Å²) in [5, 5.41) is 13.0. The molecule has 3 aromatic rings. The molecule has 0 unspecified atom stereocenters. The summed E-state index contributed by atoms with van der Waals surface area (Å²) in [7, 11) is 2.94. The lowest BCUT2D eigenvalue weighted by atomic mass is 10.2. The highest BCUT2D eigenvalue weighted by Gasteiger charge is 2.30. The van der Waals surface area contributed by atoms with E-state index in [1.165, 1.54) is 32.4 Å². The number of amides is 2. The zero-order valence-electron chi connectivity index (χ0n) is 17.2. The Kier molecular flexibility index (Phi) is 7.76. The number of carbonyl (C=O) groups excluding carboxylic acids is 2. The molecule has 3 rings (SSSR count). The summed E-state index contributed by atoms with van der Waals surface area (Å²) in [4.78, 5) is 24.5. The van der Waals surface area contributed by atoms with Crippen LogP contribution in [0.4, 0.5) is 24.0 Å². The first-order chi connectivity index (χ1) is 15.7. The molecule has 2 amide bonds. The van der Waals surface area contributed by atoms with E-state index in [-0.39, 0.29) is 16.6 Å². The van der Waals surface area contributed by atoms with Crippen molar-refractivity contribution in [2.24, 2.45) is 0 Å². The number of alkyl halides is 3. The average Bonchev–Trinajstić information content (AvgIpc) is 3.24. The van der Waals surface area contributed by atoms with E-state index in [9.17, 15) is 22.8 Å². The normalized spacial score (nSPS) is 11.1. The Balaban J connectivity index is 1.55. The fourth-order valence-corrected chi connectivity index (χ4v) is 4.11. The number of benzene rings is 2. The van der Waals surface area contributed by atoms with Gasteiger partial charge in [-0.25, -0.2) is 0 Å². The second-order valence-electron chi connectivity index (χ2n) is 6.31. The van der Waals surface area contributed by atoms with Crippen molar-refractivity contribution in [1.82, 2.24) is 10.2 Å². The summed E-state index contributed by atoms with van der Waals surface area (Å²) in [6.45, 7) is 0. The molecular formula is C20H17F3N4O4S2. The van der Waals surface area contributed by atoms with Gasteiger partial charge in [0.25, 0.3) is 5.91 Å². The molecule has 0 atom stereocenters. The zero-order valence-corrected chi connectivity index (χ0v) is 18.9. The van der Waals surface area contributed by atoms with E-state index in [1.807, 2.05) is 0 Å². The third-order valence-corrected chi connectivity index (χ3v) is 6.05. The van der Waals surface area contributed by atoms with Gasteiger partial charge in [0, 0.05) is 11.3 Å². The second-order valence-corrected chi connectivity index (χ2v) is 8.51. The van der Waals surface area contributed by atoms with Crippen molar-refractivity contribution in [3.63, 3.8) is 0 Å². The quantitative estimate of drug-likeness (QED) is 0.347. The Labute approximate surface area is 194 Å². The number of thioether (sulfide) groups is 1. The summed E-state index contributed by atoms with van der Waals surface area (Å²) in [5.74, 6) is -0.178. The summed E-state index contributed by atoms with van der Waals surface area (Å²) in [5.41, 5.74) is -0.500. The van der Waals surface area contributed by atoms with Crippen molar-refractivity contribution >= 4 is 45.7 Å². The first-order valence-electron chi connectivity index (χ1n) is 9.16. The maximum atomic E-state index is 12.8. The maximum Gasteiger partial charge on any atom is 0.416 e. The third kappa shape index (κ3) is 6.58. The minimum absolute atomic E-state index is 0.0376. The van der Waals surface area contributed by atoms with Crippen LogP contribution in [0, 0.1) is 0 Å². The Morgan fingerprint density at radius 3 is 2.48 bits per heavy atom. The minimum atomic E-state index is -4.50. The molecule has 0 aliphatic carbocycles. The topological polar surface area (TPSA) is 102 Å². The highest BCUT2D eigenvalue weighted by Crippen LogP contribution is 2.31. The van der Waals surface area contributed by atoms with Crippen LogP contribution in [0.1, 0.15) is 15.9 Å². The molecule has 33 heavy (non-hydrogen) atoms. The van der Waals surface area contributed by atoms with Crippen LogP contribution in [-0.4, -0.2) is 42.0 Å². The first kappa shape index (κ1) is 24.3. The molecule has 0 aliphatic rings. The number of halogens is 3. The maximum absolute atomic E-state index is 12.8. The third-order valence-electron chi connectivity index (χ3n) is 4.07. The lowest BCUT2D eigenvalue weighted by Crippen LogP contribution is -2.15. The molecule has 0 radical (unpaired) electrons. The van der Waals surface area contributed by atoms with Crippen molar-refractivity contribution in [2.75, 3.05) is 30.6 Å². The van der Waals surface area contributed by atoms with Crippen LogP contribution in [0.15, 0.2) is 46.8 Å². The number of nitrogens with one attached hydrogen (secondary N) is 2. The SMILES string of the molecule is COc1ccc(C(=O)Nc2nnc(SCC(=O)Nc3cccc(C(F)(F)F)c3)s2)cc1OC. The number of anilines is 2. The number of carbonyl (C=O) groups is 2. The minimum Gasteiger partial charge on any atom is -0.493 e. The number of hydrogen-bond acceptors (Lipinski definition) is 8. The number of nitrogens with zero attached hydrogens (tertiary/aromatic N) is 2. The number of hydrogen-bond donors (Lipinski definition) is 2. The van der Waals surface area contributed by atoms with Gasteiger partial charge in [-0.15, -0.1) is 10.2 Å². The number of methoxy groups -OCH3 is 2. The predicted molar refractivity (Wildman–Crippen MR) is 118 cm³/mol. The van der Waals surface area contributed by atoms with Crippen LogP contribution in [-0.2, 0) is 11.0 Å². The molecule has 1 heterocycles. The first-order valence-corrected chi connectivity index (χ1v) is 11.0. The van der Waals surface area contributed by atoms with Crippen LogP contribution < -0.4 is 20.1 Å². The van der Waals surface area contributed by atoms with E-state index in [1.54, 1.807) is 12.1 Å². The van der Waals surface area contributed by atoms with Crippen molar-refractivity contribution in [1.29, 1.82) is 0 Å². The molecule has 0 aliphatic heterocycles. The van der Waals surface area contributed by atoms with Gasteiger partial charge < -0.3 is 14.8 Å². The summed E-state index contributed by atoms with van der Waals surface area (Å²) in [6.07, 6.45) is -4.50.